The molecule has 1 aromatic carbocycles. The van der Waals surface area contributed by atoms with E-state index in [1.165, 1.54) is 0 Å². The molecule has 0 aliphatic rings. The standard InChI is InChI=1S/C20H22N4O2/c1-2-20(19(25)26,17-8-4-3-5-9-17)14-22-12-16-13-23-24-18(16)15-7-6-10-21-11-15/h3-11,13,22H,2,12,14H2,1H3,(H,23,24)(H,25,26). The molecular weight excluding hydrogens is 328 g/mol. The highest BCUT2D eigenvalue weighted by atomic mass is 16.4. The van der Waals surface area contributed by atoms with Crippen molar-refractivity contribution >= 4 is 5.97 Å². The van der Waals surface area contributed by atoms with E-state index >= 15 is 0 Å². The lowest BCUT2D eigenvalue weighted by atomic mass is 9.78. The van der Waals surface area contributed by atoms with Crippen molar-refractivity contribution in [3.63, 3.8) is 0 Å². The Balaban J connectivity index is 1.76. The van der Waals surface area contributed by atoms with E-state index in [4.69, 9.17) is 0 Å². The molecule has 6 nitrogen and oxygen atoms in total. The van der Waals surface area contributed by atoms with Gasteiger partial charge < -0.3 is 10.4 Å². The van der Waals surface area contributed by atoms with Gasteiger partial charge in [0.25, 0.3) is 0 Å². The number of rotatable bonds is 8. The molecule has 3 aromatic rings. The number of H-pyrrole nitrogens is 1. The number of aliphatic carboxylic acids is 1. The summed E-state index contributed by atoms with van der Waals surface area (Å²) in [7, 11) is 0. The summed E-state index contributed by atoms with van der Waals surface area (Å²) in [5.74, 6) is -0.821. The Morgan fingerprint density at radius 2 is 2.00 bits per heavy atom. The minimum Gasteiger partial charge on any atom is -0.481 e. The summed E-state index contributed by atoms with van der Waals surface area (Å²) in [6.45, 7) is 2.75. The molecule has 2 heterocycles. The average Bonchev–Trinajstić information content (AvgIpc) is 3.15. The normalized spacial score (nSPS) is 13.3. The second-order valence-electron chi connectivity index (χ2n) is 6.22. The Kier molecular flexibility index (Phi) is 5.43. The molecule has 0 aliphatic heterocycles. The minimum atomic E-state index is -0.959. The van der Waals surface area contributed by atoms with Crippen molar-refractivity contribution in [3.05, 3.63) is 72.2 Å². The predicted octanol–water partition coefficient (Wildman–Crippen LogP) is 2.99. The van der Waals surface area contributed by atoms with E-state index in [1.54, 1.807) is 18.6 Å². The molecule has 2 aromatic heterocycles. The summed E-state index contributed by atoms with van der Waals surface area (Å²) < 4.78 is 0. The topological polar surface area (TPSA) is 90.9 Å². The first-order chi connectivity index (χ1) is 12.7. The first-order valence-corrected chi connectivity index (χ1v) is 8.59. The highest BCUT2D eigenvalue weighted by molar-refractivity contribution is 5.81. The van der Waals surface area contributed by atoms with E-state index in [0.717, 1.165) is 22.4 Å². The first kappa shape index (κ1) is 17.8. The smallest absolute Gasteiger partial charge is 0.315 e. The van der Waals surface area contributed by atoms with Crippen molar-refractivity contribution in [3.8, 4) is 11.3 Å². The molecule has 0 saturated carbocycles. The maximum Gasteiger partial charge on any atom is 0.315 e. The summed E-state index contributed by atoms with van der Waals surface area (Å²) in [5, 5.41) is 20.3. The van der Waals surface area contributed by atoms with E-state index < -0.39 is 11.4 Å². The van der Waals surface area contributed by atoms with Crippen LogP contribution in [0, 0.1) is 0 Å². The van der Waals surface area contributed by atoms with E-state index in [9.17, 15) is 9.90 Å². The third-order valence-corrected chi connectivity index (χ3v) is 4.75. The molecule has 1 atom stereocenters. The molecule has 3 N–H and O–H groups in total. The molecule has 6 heteroatoms. The van der Waals surface area contributed by atoms with Crippen LogP contribution in [0.4, 0.5) is 0 Å². The monoisotopic (exact) mass is 350 g/mol. The maximum atomic E-state index is 12.1. The summed E-state index contributed by atoms with van der Waals surface area (Å²) in [4.78, 5) is 16.2. The Labute approximate surface area is 152 Å². The molecule has 3 rings (SSSR count). The fourth-order valence-electron chi connectivity index (χ4n) is 3.15. The van der Waals surface area contributed by atoms with Crippen LogP contribution in [-0.4, -0.2) is 32.8 Å². The largest absolute Gasteiger partial charge is 0.481 e. The molecule has 0 spiro atoms. The molecular formula is C20H22N4O2. The number of benzene rings is 1. The highest BCUT2D eigenvalue weighted by Crippen LogP contribution is 2.28. The SMILES string of the molecule is CCC(CNCc1cn[nH]c1-c1cccnc1)(C(=O)O)c1ccccc1. The number of aromatic amines is 1. The Morgan fingerprint density at radius 1 is 1.19 bits per heavy atom. The fourth-order valence-corrected chi connectivity index (χ4v) is 3.15. The predicted molar refractivity (Wildman–Crippen MR) is 99.6 cm³/mol. The molecule has 1 unspecified atom stereocenters. The zero-order valence-electron chi connectivity index (χ0n) is 14.6. The summed E-state index contributed by atoms with van der Waals surface area (Å²) in [6, 6.07) is 13.2. The molecule has 134 valence electrons. The summed E-state index contributed by atoms with van der Waals surface area (Å²) >= 11 is 0. The number of aromatic nitrogens is 3. The number of hydrogen-bond acceptors (Lipinski definition) is 4. The van der Waals surface area contributed by atoms with Crippen molar-refractivity contribution in [1.29, 1.82) is 0 Å². The van der Waals surface area contributed by atoms with E-state index in [0.29, 0.717) is 19.5 Å². The Bertz CT molecular complexity index is 849. The van der Waals surface area contributed by atoms with Crippen LogP contribution in [-0.2, 0) is 16.8 Å². The number of carboxylic acid groups (broad SMARTS) is 1. The van der Waals surface area contributed by atoms with E-state index in [-0.39, 0.29) is 0 Å². The Hall–Kier alpha value is -2.99. The van der Waals surface area contributed by atoms with Crippen LogP contribution < -0.4 is 5.32 Å². The lowest BCUT2D eigenvalue weighted by molar-refractivity contribution is -0.144. The van der Waals surface area contributed by atoms with Crippen LogP contribution in [0.1, 0.15) is 24.5 Å². The van der Waals surface area contributed by atoms with Gasteiger partial charge in [-0.25, -0.2) is 0 Å². The van der Waals surface area contributed by atoms with Gasteiger partial charge in [0, 0.05) is 36.6 Å². The molecule has 0 fully saturated rings. The molecule has 0 bridgehead atoms. The maximum absolute atomic E-state index is 12.1. The second-order valence-corrected chi connectivity index (χ2v) is 6.22. The van der Waals surface area contributed by atoms with Crippen molar-refractivity contribution in [1.82, 2.24) is 20.5 Å². The molecule has 26 heavy (non-hydrogen) atoms. The number of nitrogens with one attached hydrogen (secondary N) is 2. The summed E-state index contributed by atoms with van der Waals surface area (Å²) in [6.07, 6.45) is 5.75. The highest BCUT2D eigenvalue weighted by Gasteiger charge is 2.38. The number of carbonyl (C=O) groups is 1. The van der Waals surface area contributed by atoms with Gasteiger partial charge in [0.05, 0.1) is 11.9 Å². The number of pyridine rings is 1. The number of hydrogen-bond donors (Lipinski definition) is 3. The first-order valence-electron chi connectivity index (χ1n) is 8.59. The van der Waals surface area contributed by atoms with Gasteiger partial charge in [0.1, 0.15) is 5.41 Å². The zero-order chi connectivity index (χ0) is 18.4. The Morgan fingerprint density at radius 3 is 2.65 bits per heavy atom. The molecule has 0 saturated heterocycles. The molecule has 0 amide bonds. The third-order valence-electron chi connectivity index (χ3n) is 4.75. The number of nitrogens with zero attached hydrogens (tertiary/aromatic N) is 2. The van der Waals surface area contributed by atoms with Gasteiger partial charge in [0.15, 0.2) is 0 Å². The fraction of sp³-hybridized carbons (Fsp3) is 0.250. The van der Waals surface area contributed by atoms with Crippen molar-refractivity contribution < 1.29 is 9.90 Å². The van der Waals surface area contributed by atoms with Gasteiger partial charge in [-0.1, -0.05) is 37.3 Å². The van der Waals surface area contributed by atoms with Crippen LogP contribution in [0.5, 0.6) is 0 Å². The van der Waals surface area contributed by atoms with Gasteiger partial charge in [-0.05, 0) is 24.1 Å². The van der Waals surface area contributed by atoms with Crippen molar-refractivity contribution in [2.45, 2.75) is 25.3 Å². The van der Waals surface area contributed by atoms with Gasteiger partial charge >= 0.3 is 5.97 Å². The van der Waals surface area contributed by atoms with Crippen LogP contribution in [0.3, 0.4) is 0 Å². The summed E-state index contributed by atoms with van der Waals surface area (Å²) in [5.41, 5.74) is 2.66. The van der Waals surface area contributed by atoms with Crippen LogP contribution in [0.15, 0.2) is 61.1 Å². The third kappa shape index (κ3) is 3.50. The van der Waals surface area contributed by atoms with Crippen LogP contribution in [0.2, 0.25) is 0 Å². The van der Waals surface area contributed by atoms with E-state index in [1.807, 2.05) is 49.4 Å². The minimum absolute atomic E-state index is 0.334. The average molecular weight is 350 g/mol. The quantitative estimate of drug-likeness (QED) is 0.581. The van der Waals surface area contributed by atoms with Gasteiger partial charge in [0.2, 0.25) is 0 Å². The molecule has 0 radical (unpaired) electrons. The lowest BCUT2D eigenvalue weighted by Crippen LogP contribution is -2.44. The second kappa shape index (κ2) is 7.93. The van der Waals surface area contributed by atoms with Crippen molar-refractivity contribution in [2.24, 2.45) is 0 Å². The van der Waals surface area contributed by atoms with Gasteiger partial charge in [-0.15, -0.1) is 0 Å². The zero-order valence-corrected chi connectivity index (χ0v) is 14.6. The molecule has 0 aliphatic carbocycles. The van der Waals surface area contributed by atoms with Gasteiger partial charge in [-0.3, -0.25) is 14.9 Å². The van der Waals surface area contributed by atoms with Gasteiger partial charge in [-0.2, -0.15) is 5.10 Å². The van der Waals surface area contributed by atoms with Crippen molar-refractivity contribution in [2.75, 3.05) is 6.54 Å². The van der Waals surface area contributed by atoms with Crippen LogP contribution >= 0.6 is 0 Å². The van der Waals surface area contributed by atoms with E-state index in [2.05, 4.69) is 20.5 Å². The number of carboxylic acids is 1. The lowest BCUT2D eigenvalue weighted by Gasteiger charge is -2.29. The van der Waals surface area contributed by atoms with Crippen LogP contribution in [0.25, 0.3) is 11.3 Å².